The molecule has 156 valence electrons. The summed E-state index contributed by atoms with van der Waals surface area (Å²) in [5, 5.41) is 4.48. The summed E-state index contributed by atoms with van der Waals surface area (Å²) < 4.78 is 6.32. The van der Waals surface area contributed by atoms with Crippen molar-refractivity contribution in [3.05, 3.63) is 34.3 Å². The van der Waals surface area contributed by atoms with E-state index in [1.165, 1.54) is 21.6 Å². The number of rotatable bonds is 5. The number of benzene rings is 1. The fourth-order valence-electron chi connectivity index (χ4n) is 3.92. The standard InChI is InChI=1S/C21H22N4O3S2/c1-3-28-19(27)13-5-7-15-17(13)23-20(29-15)24-18(26)12-9-25(10-12)21-22-14-6-4-11(2)8-16(14)30-21/h4,6,8,12-13H,3,5,7,9-10H2,1-2H3,(H,23,24,26). The van der Waals surface area contributed by atoms with Gasteiger partial charge in [-0.3, -0.25) is 9.59 Å². The van der Waals surface area contributed by atoms with Crippen molar-refractivity contribution < 1.29 is 14.3 Å². The minimum atomic E-state index is -0.302. The average Bonchev–Trinajstić information content (AvgIpc) is 3.33. The van der Waals surface area contributed by atoms with Crippen LogP contribution in [0.3, 0.4) is 0 Å². The Hall–Kier alpha value is -2.52. The van der Waals surface area contributed by atoms with Gasteiger partial charge in [0.15, 0.2) is 10.3 Å². The Morgan fingerprint density at radius 3 is 2.90 bits per heavy atom. The molecule has 1 amide bonds. The van der Waals surface area contributed by atoms with Crippen molar-refractivity contribution in [3.63, 3.8) is 0 Å². The van der Waals surface area contributed by atoms with Crippen LogP contribution in [0.1, 0.15) is 35.4 Å². The first-order valence-electron chi connectivity index (χ1n) is 10.1. The lowest BCUT2D eigenvalue weighted by atomic mass is 10.0. The molecule has 2 aliphatic rings. The van der Waals surface area contributed by atoms with E-state index in [9.17, 15) is 9.59 Å². The molecule has 1 aliphatic carbocycles. The van der Waals surface area contributed by atoms with Gasteiger partial charge < -0.3 is 15.0 Å². The first-order valence-corrected chi connectivity index (χ1v) is 11.7. The molecule has 2 aromatic heterocycles. The summed E-state index contributed by atoms with van der Waals surface area (Å²) in [6, 6.07) is 6.25. The number of hydrogen-bond acceptors (Lipinski definition) is 8. The first-order chi connectivity index (χ1) is 14.5. The lowest BCUT2D eigenvalue weighted by molar-refractivity contribution is -0.145. The number of fused-ring (bicyclic) bond motifs is 2. The van der Waals surface area contributed by atoms with Gasteiger partial charge in [-0.2, -0.15) is 0 Å². The van der Waals surface area contributed by atoms with Gasteiger partial charge in [0.2, 0.25) is 5.91 Å². The summed E-state index contributed by atoms with van der Waals surface area (Å²) in [6.07, 6.45) is 1.54. The summed E-state index contributed by atoms with van der Waals surface area (Å²) in [4.78, 5) is 37.2. The minimum Gasteiger partial charge on any atom is -0.465 e. The molecule has 1 atom stereocenters. The van der Waals surface area contributed by atoms with Gasteiger partial charge in [-0.1, -0.05) is 17.4 Å². The van der Waals surface area contributed by atoms with E-state index in [4.69, 9.17) is 4.74 Å². The number of carbonyl (C=O) groups is 2. The van der Waals surface area contributed by atoms with Crippen LogP contribution in [0, 0.1) is 12.8 Å². The van der Waals surface area contributed by atoms with E-state index in [1.807, 2.05) is 6.07 Å². The second-order valence-electron chi connectivity index (χ2n) is 7.73. The van der Waals surface area contributed by atoms with Crippen molar-refractivity contribution in [1.29, 1.82) is 0 Å². The summed E-state index contributed by atoms with van der Waals surface area (Å²) in [5.74, 6) is -0.634. The second-order valence-corrected chi connectivity index (χ2v) is 9.82. The van der Waals surface area contributed by atoms with E-state index >= 15 is 0 Å². The zero-order chi connectivity index (χ0) is 20.8. The van der Waals surface area contributed by atoms with Crippen LogP contribution in [-0.4, -0.2) is 41.5 Å². The average molecular weight is 443 g/mol. The number of carbonyl (C=O) groups excluding carboxylic acids is 2. The highest BCUT2D eigenvalue weighted by atomic mass is 32.1. The lowest BCUT2D eigenvalue weighted by Crippen LogP contribution is -2.52. The van der Waals surface area contributed by atoms with Crippen molar-refractivity contribution in [2.75, 3.05) is 29.9 Å². The maximum atomic E-state index is 12.7. The first kappa shape index (κ1) is 19.4. The maximum Gasteiger partial charge on any atom is 0.315 e. The fourth-order valence-corrected chi connectivity index (χ4v) is 6.04. The number of anilines is 2. The molecule has 1 aliphatic heterocycles. The van der Waals surface area contributed by atoms with E-state index in [0.29, 0.717) is 24.8 Å². The van der Waals surface area contributed by atoms with Crippen LogP contribution in [0.25, 0.3) is 10.2 Å². The predicted octanol–water partition coefficient (Wildman–Crippen LogP) is 3.73. The zero-order valence-corrected chi connectivity index (χ0v) is 18.4. The van der Waals surface area contributed by atoms with Gasteiger partial charge >= 0.3 is 5.97 Å². The normalized spacial score (nSPS) is 18.3. The molecule has 1 aromatic carbocycles. The van der Waals surface area contributed by atoms with Crippen molar-refractivity contribution >= 4 is 55.0 Å². The molecule has 0 bridgehead atoms. The van der Waals surface area contributed by atoms with E-state index in [-0.39, 0.29) is 23.7 Å². The molecule has 0 saturated carbocycles. The van der Waals surface area contributed by atoms with Crippen molar-refractivity contribution in [2.24, 2.45) is 5.92 Å². The van der Waals surface area contributed by atoms with Gasteiger partial charge in [-0.05, 0) is 44.4 Å². The second kappa shape index (κ2) is 7.63. The van der Waals surface area contributed by atoms with Crippen LogP contribution < -0.4 is 10.2 Å². The van der Waals surface area contributed by atoms with Crippen LogP contribution >= 0.6 is 22.7 Å². The van der Waals surface area contributed by atoms with Gasteiger partial charge in [0.25, 0.3) is 0 Å². The number of aryl methyl sites for hydroxylation is 2. The summed E-state index contributed by atoms with van der Waals surface area (Å²) >= 11 is 3.13. The Balaban J connectivity index is 1.20. The number of ether oxygens (including phenoxy) is 1. The van der Waals surface area contributed by atoms with Crippen molar-refractivity contribution in [1.82, 2.24) is 9.97 Å². The molecular formula is C21H22N4O3S2. The highest BCUT2D eigenvalue weighted by molar-refractivity contribution is 7.22. The fraction of sp³-hybridized carbons (Fsp3) is 0.429. The molecule has 9 heteroatoms. The molecular weight excluding hydrogens is 420 g/mol. The highest BCUT2D eigenvalue weighted by Crippen LogP contribution is 2.39. The van der Waals surface area contributed by atoms with Crippen LogP contribution in [-0.2, 0) is 20.7 Å². The lowest BCUT2D eigenvalue weighted by Gasteiger charge is -2.37. The molecule has 5 rings (SSSR count). The third kappa shape index (κ3) is 3.45. The third-order valence-electron chi connectivity index (χ3n) is 5.57. The van der Waals surface area contributed by atoms with Crippen molar-refractivity contribution in [3.8, 4) is 0 Å². The molecule has 3 aromatic rings. The van der Waals surface area contributed by atoms with E-state index < -0.39 is 0 Å². The molecule has 1 N–H and O–H groups in total. The molecule has 0 spiro atoms. The number of nitrogens with one attached hydrogen (secondary N) is 1. The number of thiazole rings is 2. The summed E-state index contributed by atoms with van der Waals surface area (Å²) in [7, 11) is 0. The molecule has 0 radical (unpaired) electrons. The van der Waals surface area contributed by atoms with E-state index in [2.05, 4.69) is 39.2 Å². The Morgan fingerprint density at radius 1 is 1.27 bits per heavy atom. The Labute approximate surface area is 182 Å². The third-order valence-corrected chi connectivity index (χ3v) is 7.70. The summed E-state index contributed by atoms with van der Waals surface area (Å²) in [6.45, 7) is 5.55. The topological polar surface area (TPSA) is 84.4 Å². The Morgan fingerprint density at radius 2 is 2.10 bits per heavy atom. The van der Waals surface area contributed by atoms with E-state index in [1.54, 1.807) is 18.3 Å². The van der Waals surface area contributed by atoms with Gasteiger partial charge in [0, 0.05) is 18.0 Å². The number of amides is 1. The zero-order valence-electron chi connectivity index (χ0n) is 16.8. The number of hydrogen-bond donors (Lipinski definition) is 1. The van der Waals surface area contributed by atoms with Gasteiger partial charge in [-0.25, -0.2) is 9.97 Å². The molecule has 1 saturated heterocycles. The van der Waals surface area contributed by atoms with Crippen molar-refractivity contribution in [2.45, 2.75) is 32.6 Å². The van der Waals surface area contributed by atoms with Crippen LogP contribution in [0.15, 0.2) is 18.2 Å². The molecule has 3 heterocycles. The maximum absolute atomic E-state index is 12.7. The Kier molecular flexibility index (Phi) is 4.94. The molecule has 1 fully saturated rings. The number of nitrogens with zero attached hydrogens (tertiary/aromatic N) is 3. The smallest absolute Gasteiger partial charge is 0.315 e. The van der Waals surface area contributed by atoms with Crippen LogP contribution in [0.4, 0.5) is 10.3 Å². The van der Waals surface area contributed by atoms with Crippen LogP contribution in [0.5, 0.6) is 0 Å². The quantitative estimate of drug-likeness (QED) is 0.606. The molecule has 7 nitrogen and oxygen atoms in total. The predicted molar refractivity (Wildman–Crippen MR) is 118 cm³/mol. The molecule has 30 heavy (non-hydrogen) atoms. The highest BCUT2D eigenvalue weighted by Gasteiger charge is 2.37. The SMILES string of the molecule is CCOC(=O)C1CCc2sc(NC(=O)C3CN(c4nc5ccc(C)cc5s4)C3)nc21. The number of esters is 1. The number of aromatic nitrogens is 2. The monoisotopic (exact) mass is 442 g/mol. The Bertz CT molecular complexity index is 1130. The minimum absolute atomic E-state index is 0.0247. The van der Waals surface area contributed by atoms with Gasteiger partial charge in [0.1, 0.15) is 5.92 Å². The van der Waals surface area contributed by atoms with Gasteiger partial charge in [0.05, 0.1) is 28.4 Å². The largest absolute Gasteiger partial charge is 0.465 e. The summed E-state index contributed by atoms with van der Waals surface area (Å²) in [5.41, 5.74) is 3.00. The molecule has 1 unspecified atom stereocenters. The van der Waals surface area contributed by atoms with Crippen LogP contribution in [0.2, 0.25) is 0 Å². The van der Waals surface area contributed by atoms with E-state index in [0.717, 1.165) is 34.1 Å². The van der Waals surface area contributed by atoms with Gasteiger partial charge in [-0.15, -0.1) is 11.3 Å².